The van der Waals surface area contributed by atoms with Crippen molar-refractivity contribution in [3.05, 3.63) is 36.4 Å². The summed E-state index contributed by atoms with van der Waals surface area (Å²) in [4.78, 5) is 89.7. The van der Waals surface area contributed by atoms with Gasteiger partial charge in [-0.15, -0.1) is 0 Å². The third-order valence-corrected chi connectivity index (χ3v) is 10.0. The van der Waals surface area contributed by atoms with Gasteiger partial charge in [0.25, 0.3) is 0 Å². The summed E-state index contributed by atoms with van der Waals surface area (Å²) in [6.45, 7) is 16.6. The average molecular weight is 886 g/mol. The number of carbonyl (C=O) groups excluding carboxylic acids is 7. The van der Waals surface area contributed by atoms with Gasteiger partial charge in [0.15, 0.2) is 0 Å². The van der Waals surface area contributed by atoms with E-state index in [0.29, 0.717) is 37.2 Å². The molecular weight excluding hydrogens is 815 g/mol. The Morgan fingerprint density at radius 3 is 1.41 bits per heavy atom. The van der Waals surface area contributed by atoms with Crippen LogP contribution in [-0.4, -0.2) is 110 Å². The van der Waals surface area contributed by atoms with Crippen molar-refractivity contribution in [1.29, 1.82) is 0 Å². The topological polar surface area (TPSA) is 237 Å². The third-order valence-electron chi connectivity index (χ3n) is 10.0. The molecule has 0 heterocycles. The van der Waals surface area contributed by atoms with Crippen LogP contribution in [0.2, 0.25) is 0 Å². The van der Waals surface area contributed by atoms with E-state index in [4.69, 9.17) is 18.9 Å². The summed E-state index contributed by atoms with van der Waals surface area (Å²) in [5, 5.41) is 25.4. The predicted octanol–water partition coefficient (Wildman–Crippen LogP) is 3.71. The molecule has 0 aliphatic heterocycles. The van der Waals surface area contributed by atoms with Crippen molar-refractivity contribution in [2.75, 3.05) is 27.4 Å². The molecule has 352 valence electrons. The van der Waals surface area contributed by atoms with Gasteiger partial charge < -0.3 is 50.6 Å². The Balaban J connectivity index is 1.90. The second kappa shape index (κ2) is 26.9. The number of amides is 5. The predicted molar refractivity (Wildman–Crippen MR) is 237 cm³/mol. The maximum absolute atomic E-state index is 13.4. The number of aliphatic hydroxyl groups is 1. The Bertz CT molecular complexity index is 1830. The van der Waals surface area contributed by atoms with Crippen LogP contribution in [0.15, 0.2) is 36.4 Å². The van der Waals surface area contributed by atoms with Crippen molar-refractivity contribution in [2.45, 2.75) is 137 Å². The van der Waals surface area contributed by atoms with E-state index < -0.39 is 71.9 Å². The molecule has 2 rings (SSSR count). The van der Waals surface area contributed by atoms with Crippen molar-refractivity contribution in [3.8, 4) is 11.5 Å². The molecular formula is C46H71N5O12. The molecule has 17 heteroatoms. The van der Waals surface area contributed by atoms with Crippen molar-refractivity contribution < 1.29 is 57.6 Å². The molecule has 0 fully saturated rings. The van der Waals surface area contributed by atoms with Gasteiger partial charge in [0.05, 0.1) is 33.5 Å². The number of esters is 2. The summed E-state index contributed by atoms with van der Waals surface area (Å²) < 4.78 is 21.5. The van der Waals surface area contributed by atoms with Crippen LogP contribution < -0.4 is 36.1 Å². The van der Waals surface area contributed by atoms with Crippen LogP contribution in [0.1, 0.15) is 101 Å². The molecule has 0 aromatic heterocycles. The second-order valence-corrected chi connectivity index (χ2v) is 17.3. The average Bonchev–Trinajstić information content (AvgIpc) is 3.21. The van der Waals surface area contributed by atoms with E-state index >= 15 is 0 Å². The number of fused-ring (bicyclic) bond motifs is 1. The fraction of sp³-hybridized carbons (Fsp3) is 0.630. The van der Waals surface area contributed by atoms with Crippen LogP contribution >= 0.6 is 0 Å². The van der Waals surface area contributed by atoms with E-state index in [0.717, 1.165) is 10.8 Å². The first kappa shape index (κ1) is 53.7. The number of carbonyl (C=O) groups is 7. The van der Waals surface area contributed by atoms with Crippen LogP contribution in [-0.2, 0) is 43.0 Å². The van der Waals surface area contributed by atoms with Crippen LogP contribution in [0, 0.1) is 23.7 Å². The molecule has 0 spiro atoms. The zero-order valence-corrected chi connectivity index (χ0v) is 38.8. The van der Waals surface area contributed by atoms with E-state index in [1.54, 1.807) is 27.7 Å². The van der Waals surface area contributed by atoms with E-state index in [1.165, 1.54) is 21.1 Å². The van der Waals surface area contributed by atoms with Gasteiger partial charge in [-0.25, -0.2) is 9.59 Å². The van der Waals surface area contributed by atoms with E-state index in [9.17, 15) is 38.7 Å². The fourth-order valence-corrected chi connectivity index (χ4v) is 6.59. The number of aliphatic hydroxyl groups excluding tert-OH is 1. The Hall–Kier alpha value is -5.45. The second-order valence-electron chi connectivity index (χ2n) is 17.3. The number of nitrogens with one attached hydrogen (secondary N) is 5. The Kier molecular flexibility index (Phi) is 22.9. The standard InChI is InChI=1S/C46H71N5O12/c1-26(2)22-35(42(55)51-40(29(7)8)46(59)61-11)47-43(56)39(28(5)6)49-37(53)14-12-20-62-33-18-16-31-17-19-34(25-32(31)24-33)63-21-13-15-38(54)50-41(30(9)52)44(57)48-36(23-27(3)4)45(58)60-10/h16-19,24-30,35-36,39-41,52H,12-15,20-23H2,1-11H3,(H,47,56)(H,48,57)(H,49,53)(H,50,54)(H,51,55)/t30?,35-,36-,39-,40-,41-/m0/s1. The van der Waals surface area contributed by atoms with Crippen molar-refractivity contribution in [1.82, 2.24) is 26.6 Å². The summed E-state index contributed by atoms with van der Waals surface area (Å²) in [5.41, 5.74) is 0. The van der Waals surface area contributed by atoms with Crippen LogP contribution in [0.5, 0.6) is 11.5 Å². The summed E-state index contributed by atoms with van der Waals surface area (Å²) in [7, 11) is 2.47. The number of hydrogen-bond donors (Lipinski definition) is 6. The Morgan fingerprint density at radius 2 is 0.968 bits per heavy atom. The highest BCUT2D eigenvalue weighted by molar-refractivity contribution is 5.94. The molecule has 17 nitrogen and oxygen atoms in total. The van der Waals surface area contributed by atoms with Crippen molar-refractivity contribution in [2.24, 2.45) is 23.7 Å². The first-order valence-corrected chi connectivity index (χ1v) is 21.8. The van der Waals surface area contributed by atoms with Gasteiger partial charge in [0, 0.05) is 12.8 Å². The molecule has 0 bridgehead atoms. The van der Waals surface area contributed by atoms with Gasteiger partial charge >= 0.3 is 11.9 Å². The molecule has 5 amide bonds. The minimum absolute atomic E-state index is 0.0218. The molecule has 0 saturated carbocycles. The molecule has 0 radical (unpaired) electrons. The SMILES string of the molecule is COC(=O)[C@H](CC(C)C)NC(=O)[C@@H](NC(=O)CCCOc1ccc2ccc(OCCCC(=O)N[C@H](C(=O)N[C@@H](CC(C)C)C(=O)N[C@H](C(=O)OC)C(C)C)C(C)C)cc2c1)C(C)O. The molecule has 0 aliphatic rings. The lowest BCUT2D eigenvalue weighted by atomic mass is 9.98. The zero-order chi connectivity index (χ0) is 47.4. The highest BCUT2D eigenvalue weighted by Crippen LogP contribution is 2.25. The maximum atomic E-state index is 13.4. The van der Waals surface area contributed by atoms with Crippen molar-refractivity contribution >= 4 is 52.2 Å². The summed E-state index contributed by atoms with van der Waals surface area (Å²) in [6.07, 6.45) is 0.236. The molecule has 0 saturated heterocycles. The van der Waals surface area contributed by atoms with Gasteiger partial charge in [0.1, 0.15) is 41.7 Å². The van der Waals surface area contributed by atoms with Gasteiger partial charge in [-0.3, -0.25) is 24.0 Å². The molecule has 6 atom stereocenters. The quantitative estimate of drug-likeness (QED) is 0.0557. The normalized spacial score (nSPS) is 14.2. The third kappa shape index (κ3) is 18.8. The zero-order valence-electron chi connectivity index (χ0n) is 38.8. The van der Waals surface area contributed by atoms with Crippen LogP contribution in [0.25, 0.3) is 10.8 Å². The first-order chi connectivity index (χ1) is 29.7. The number of rotatable bonds is 27. The van der Waals surface area contributed by atoms with Crippen LogP contribution in [0.3, 0.4) is 0 Å². The molecule has 2 aromatic rings. The van der Waals surface area contributed by atoms with Crippen LogP contribution in [0.4, 0.5) is 0 Å². The summed E-state index contributed by atoms with van der Waals surface area (Å²) >= 11 is 0. The Morgan fingerprint density at radius 1 is 0.524 bits per heavy atom. The smallest absolute Gasteiger partial charge is 0.328 e. The minimum Gasteiger partial charge on any atom is -0.494 e. The monoisotopic (exact) mass is 886 g/mol. The lowest BCUT2D eigenvalue weighted by Crippen LogP contribution is -2.57. The lowest BCUT2D eigenvalue weighted by molar-refractivity contribution is -0.147. The fourth-order valence-electron chi connectivity index (χ4n) is 6.59. The van der Waals surface area contributed by atoms with Crippen molar-refractivity contribution in [3.63, 3.8) is 0 Å². The van der Waals surface area contributed by atoms with Gasteiger partial charge in [0.2, 0.25) is 29.5 Å². The number of hydrogen-bond acceptors (Lipinski definition) is 12. The van der Waals surface area contributed by atoms with Gasteiger partial charge in [-0.1, -0.05) is 67.5 Å². The summed E-state index contributed by atoms with van der Waals surface area (Å²) in [6, 6.07) is 6.21. The lowest BCUT2D eigenvalue weighted by Gasteiger charge is -2.28. The van der Waals surface area contributed by atoms with E-state index in [-0.39, 0.29) is 55.6 Å². The summed E-state index contributed by atoms with van der Waals surface area (Å²) in [5.74, 6) is -2.95. The molecule has 0 aliphatic carbocycles. The largest absolute Gasteiger partial charge is 0.494 e. The molecule has 1 unspecified atom stereocenters. The molecule has 6 N–H and O–H groups in total. The van der Waals surface area contributed by atoms with Gasteiger partial charge in [-0.05, 0) is 91.3 Å². The first-order valence-electron chi connectivity index (χ1n) is 21.8. The highest BCUT2D eigenvalue weighted by atomic mass is 16.5. The number of benzene rings is 2. The van der Waals surface area contributed by atoms with E-state index in [2.05, 4.69) is 26.6 Å². The molecule has 2 aromatic carbocycles. The number of ether oxygens (including phenoxy) is 4. The Labute approximate surface area is 371 Å². The van der Waals surface area contributed by atoms with Gasteiger partial charge in [-0.2, -0.15) is 0 Å². The minimum atomic E-state index is -1.27. The maximum Gasteiger partial charge on any atom is 0.328 e. The highest BCUT2D eigenvalue weighted by Gasteiger charge is 2.33. The number of methoxy groups -OCH3 is 2. The van der Waals surface area contributed by atoms with E-state index in [1.807, 2.05) is 64.1 Å². The molecule has 63 heavy (non-hydrogen) atoms.